The number of carboxylic acids is 1. The number of urea groups is 1. The van der Waals surface area contributed by atoms with E-state index in [0.717, 1.165) is 63.5 Å². The molecule has 0 aromatic carbocycles. The summed E-state index contributed by atoms with van der Waals surface area (Å²) in [5.74, 6) is 0.174. The van der Waals surface area contributed by atoms with Gasteiger partial charge in [0.25, 0.3) is 0 Å². The molecule has 0 aromatic heterocycles. The van der Waals surface area contributed by atoms with Crippen LogP contribution in [0.5, 0.6) is 0 Å². The van der Waals surface area contributed by atoms with Gasteiger partial charge >= 0.3 is 12.0 Å². The number of hydrazone groups is 1. The summed E-state index contributed by atoms with van der Waals surface area (Å²) in [5, 5.41) is 14.4. The van der Waals surface area contributed by atoms with E-state index < -0.39 is 17.4 Å². The number of amides is 2. The van der Waals surface area contributed by atoms with Crippen LogP contribution >= 0.6 is 0 Å². The van der Waals surface area contributed by atoms with Crippen molar-refractivity contribution in [1.82, 2.24) is 5.43 Å². The first-order valence-electron chi connectivity index (χ1n) is 10.4. The van der Waals surface area contributed by atoms with Gasteiger partial charge < -0.3 is 10.8 Å². The molecule has 0 radical (unpaired) electrons. The smallest absolute Gasteiger partial charge is 0.332 e. The van der Waals surface area contributed by atoms with Gasteiger partial charge in [0.05, 0.1) is 5.41 Å². The van der Waals surface area contributed by atoms with E-state index in [9.17, 15) is 14.7 Å². The highest BCUT2D eigenvalue weighted by atomic mass is 16.4. The molecule has 150 valence electrons. The van der Waals surface area contributed by atoms with Crippen LogP contribution in [0, 0.1) is 33.5 Å². The van der Waals surface area contributed by atoms with Gasteiger partial charge in [-0.05, 0) is 81.0 Å². The predicted molar refractivity (Wildman–Crippen MR) is 103 cm³/mol. The van der Waals surface area contributed by atoms with Gasteiger partial charge in [-0.3, -0.25) is 4.79 Å². The van der Waals surface area contributed by atoms with Crippen LogP contribution in [0.15, 0.2) is 5.10 Å². The average molecular weight is 376 g/mol. The van der Waals surface area contributed by atoms with E-state index in [1.807, 2.05) is 6.92 Å². The molecule has 0 saturated heterocycles. The van der Waals surface area contributed by atoms with Crippen LogP contribution in [-0.4, -0.2) is 22.8 Å². The third-order valence-electron chi connectivity index (χ3n) is 9.18. The van der Waals surface area contributed by atoms with Crippen LogP contribution in [0.2, 0.25) is 0 Å². The quantitative estimate of drug-likeness (QED) is 0.637. The molecule has 0 aliphatic heterocycles. The Morgan fingerprint density at radius 1 is 1.11 bits per heavy atom. The number of nitrogens with two attached hydrogens (primary N) is 1. The van der Waals surface area contributed by atoms with Crippen LogP contribution < -0.4 is 11.2 Å². The fraction of sp³-hybridized carbons (Fsp3) is 0.857. The highest BCUT2D eigenvalue weighted by molar-refractivity contribution is 5.94. The molecule has 0 heterocycles. The molecule has 6 nitrogen and oxygen atoms in total. The minimum absolute atomic E-state index is 0.0346. The second kappa shape index (κ2) is 5.71. The largest absolute Gasteiger partial charge is 0.481 e. The molecule has 0 aromatic rings. The number of aliphatic carboxylic acids is 1. The van der Waals surface area contributed by atoms with E-state index in [2.05, 4.69) is 24.4 Å². The van der Waals surface area contributed by atoms with E-state index in [-0.39, 0.29) is 22.2 Å². The standard InChI is InChI=1S/C21H33N3O3/c1-18-9-5-14-19(2)7-4-8-20(3,16(25)26)13(19)6-10-21(14,12-18)11-15(18)23-24-17(22)27/h13-14H,4-12H2,1-3H3,(H,25,26)(H3,22,24,27). The van der Waals surface area contributed by atoms with Crippen molar-refractivity contribution in [3.05, 3.63) is 0 Å². The topological polar surface area (TPSA) is 105 Å². The van der Waals surface area contributed by atoms with E-state index in [0.29, 0.717) is 5.92 Å². The van der Waals surface area contributed by atoms with Crippen LogP contribution in [0.3, 0.4) is 0 Å². The summed E-state index contributed by atoms with van der Waals surface area (Å²) in [6, 6.07) is -0.609. The summed E-state index contributed by atoms with van der Waals surface area (Å²) in [6.45, 7) is 6.64. The van der Waals surface area contributed by atoms with Crippen LogP contribution in [0.4, 0.5) is 4.79 Å². The maximum absolute atomic E-state index is 12.2. The fourth-order valence-corrected chi connectivity index (χ4v) is 8.08. The Balaban J connectivity index is 1.70. The molecular weight excluding hydrogens is 342 g/mol. The Morgan fingerprint density at radius 3 is 2.48 bits per heavy atom. The molecule has 6 atom stereocenters. The number of primary amides is 1. The Bertz CT molecular complexity index is 721. The summed E-state index contributed by atoms with van der Waals surface area (Å²) in [5.41, 5.74) is 8.50. The number of fused-ring (bicyclic) bond motifs is 3. The van der Waals surface area contributed by atoms with E-state index >= 15 is 0 Å². The molecule has 2 amide bonds. The van der Waals surface area contributed by atoms with Crippen molar-refractivity contribution in [2.45, 2.75) is 78.6 Å². The van der Waals surface area contributed by atoms with Crippen LogP contribution in [0.25, 0.3) is 0 Å². The van der Waals surface area contributed by atoms with Gasteiger partial charge in [-0.15, -0.1) is 0 Å². The molecule has 4 aliphatic rings. The molecule has 1 spiro atoms. The molecule has 4 fully saturated rings. The van der Waals surface area contributed by atoms with Gasteiger partial charge in [-0.2, -0.15) is 5.10 Å². The molecule has 4 rings (SSSR count). The predicted octanol–water partition coefficient (Wildman–Crippen LogP) is 3.90. The molecule has 27 heavy (non-hydrogen) atoms. The summed E-state index contributed by atoms with van der Waals surface area (Å²) in [7, 11) is 0. The molecule has 6 unspecified atom stereocenters. The number of hydrogen-bond donors (Lipinski definition) is 3. The van der Waals surface area contributed by atoms with Crippen molar-refractivity contribution in [1.29, 1.82) is 0 Å². The van der Waals surface area contributed by atoms with Gasteiger partial charge in [-0.25, -0.2) is 10.2 Å². The van der Waals surface area contributed by atoms with E-state index in [1.165, 1.54) is 0 Å². The lowest BCUT2D eigenvalue weighted by Gasteiger charge is -2.63. The Labute approximate surface area is 161 Å². The van der Waals surface area contributed by atoms with Crippen LogP contribution in [-0.2, 0) is 4.79 Å². The first-order valence-corrected chi connectivity index (χ1v) is 10.4. The zero-order chi connectivity index (χ0) is 19.7. The van der Waals surface area contributed by atoms with E-state index in [1.54, 1.807) is 0 Å². The Kier molecular flexibility index (Phi) is 3.97. The molecule has 4 N–H and O–H groups in total. The lowest BCUT2D eigenvalue weighted by Crippen LogP contribution is -2.58. The van der Waals surface area contributed by atoms with Gasteiger partial charge in [-0.1, -0.05) is 20.3 Å². The zero-order valence-corrected chi connectivity index (χ0v) is 16.8. The Morgan fingerprint density at radius 2 is 1.81 bits per heavy atom. The van der Waals surface area contributed by atoms with Gasteiger partial charge in [0, 0.05) is 11.1 Å². The highest BCUT2D eigenvalue weighted by Gasteiger charge is 2.67. The number of carbonyl (C=O) groups excluding carboxylic acids is 1. The Hall–Kier alpha value is -1.59. The number of nitrogens with zero attached hydrogens (tertiary/aromatic N) is 1. The third kappa shape index (κ3) is 2.47. The van der Waals surface area contributed by atoms with Gasteiger partial charge in [0.1, 0.15) is 0 Å². The maximum atomic E-state index is 12.2. The summed E-state index contributed by atoms with van der Waals surface area (Å²) in [6.07, 6.45) is 9.22. The second-order valence-electron chi connectivity index (χ2n) is 10.6. The van der Waals surface area contributed by atoms with Crippen molar-refractivity contribution >= 4 is 17.7 Å². The lowest BCUT2D eigenvalue weighted by atomic mass is 9.40. The number of nitrogens with one attached hydrogen (secondary N) is 1. The van der Waals surface area contributed by atoms with Crippen molar-refractivity contribution in [2.24, 2.45) is 44.3 Å². The SMILES string of the molecule is CC12CCC3C(CCC4C(C)(C(=O)O)CCCC34C)(CC1=NNC(N)=O)C2. The minimum atomic E-state index is -0.616. The van der Waals surface area contributed by atoms with Crippen molar-refractivity contribution in [2.75, 3.05) is 0 Å². The minimum Gasteiger partial charge on any atom is -0.481 e. The summed E-state index contributed by atoms with van der Waals surface area (Å²) >= 11 is 0. The fourth-order valence-electron chi connectivity index (χ4n) is 8.08. The normalized spacial score (nSPS) is 50.0. The monoisotopic (exact) mass is 375 g/mol. The third-order valence-corrected chi connectivity index (χ3v) is 9.18. The number of rotatable bonds is 2. The molecule has 4 saturated carbocycles. The molecule has 4 aliphatic carbocycles. The maximum Gasteiger partial charge on any atom is 0.332 e. The van der Waals surface area contributed by atoms with Crippen molar-refractivity contribution in [3.63, 3.8) is 0 Å². The average Bonchev–Trinajstić information content (AvgIpc) is 2.77. The molecule has 2 bridgehead atoms. The number of hydrogen-bond acceptors (Lipinski definition) is 3. The first kappa shape index (κ1) is 18.8. The number of carboxylic acid groups (broad SMARTS) is 1. The van der Waals surface area contributed by atoms with Crippen molar-refractivity contribution in [3.8, 4) is 0 Å². The highest BCUT2D eigenvalue weighted by Crippen LogP contribution is 2.73. The van der Waals surface area contributed by atoms with E-state index in [4.69, 9.17) is 5.73 Å². The summed E-state index contributed by atoms with van der Waals surface area (Å²) < 4.78 is 0. The number of carbonyl (C=O) groups is 2. The van der Waals surface area contributed by atoms with Crippen LogP contribution in [0.1, 0.15) is 78.6 Å². The van der Waals surface area contributed by atoms with Crippen molar-refractivity contribution < 1.29 is 14.7 Å². The van der Waals surface area contributed by atoms with Gasteiger partial charge in [0.15, 0.2) is 0 Å². The molecular formula is C21H33N3O3. The lowest BCUT2D eigenvalue weighted by molar-refractivity contribution is -0.182. The zero-order valence-electron chi connectivity index (χ0n) is 16.8. The summed E-state index contributed by atoms with van der Waals surface area (Å²) in [4.78, 5) is 23.3. The first-order chi connectivity index (χ1) is 12.6. The molecule has 6 heteroatoms. The van der Waals surface area contributed by atoms with Gasteiger partial charge in [0.2, 0.25) is 0 Å². The second-order valence-corrected chi connectivity index (χ2v) is 10.6.